The smallest absolute Gasteiger partial charge is 0.410 e. The number of amides is 1. The molecule has 4 N–H and O–H groups in total. The number of aliphatic hydroxyl groups excluding tert-OH is 1. The van der Waals surface area contributed by atoms with E-state index in [2.05, 4.69) is 22.6 Å². The van der Waals surface area contributed by atoms with Gasteiger partial charge in [-0.15, -0.1) is 5.10 Å². The number of nitrogens with zero attached hydrogens (tertiary/aromatic N) is 5. The van der Waals surface area contributed by atoms with Crippen LogP contribution >= 0.6 is 12.1 Å². The van der Waals surface area contributed by atoms with Crippen molar-refractivity contribution in [1.29, 1.82) is 0 Å². The number of nitrogen functional groups attached to an aromatic ring is 1. The van der Waals surface area contributed by atoms with Gasteiger partial charge in [-0.2, -0.15) is 3.89 Å². The van der Waals surface area contributed by atoms with Crippen LogP contribution in [0.4, 0.5) is 14.4 Å². The largest absolute Gasteiger partial charge is 0.457 e. The summed E-state index contributed by atoms with van der Waals surface area (Å²) in [5.74, 6) is -3.30. The van der Waals surface area contributed by atoms with Crippen molar-refractivity contribution in [3.63, 3.8) is 0 Å². The molecule has 3 aliphatic rings. The maximum absolute atomic E-state index is 15.2. The zero-order chi connectivity index (χ0) is 49.9. The number of cyclic esters (lactones) is 1. The number of hydrogen-bond acceptors (Lipinski definition) is 15. The van der Waals surface area contributed by atoms with Crippen LogP contribution in [0.2, 0.25) is 0 Å². The van der Waals surface area contributed by atoms with Crippen molar-refractivity contribution in [3.05, 3.63) is 66.4 Å². The Morgan fingerprint density at radius 2 is 1.74 bits per heavy atom. The number of halogens is 1. The molecule has 3 saturated heterocycles. The number of aromatic nitrogens is 3. The number of nitrogens with one attached hydrogen (secondary N) is 1. The Labute approximate surface area is 406 Å². The lowest BCUT2D eigenvalue weighted by atomic mass is 9.77. The number of aryl methyl sites for hydroxylation is 1. The van der Waals surface area contributed by atoms with E-state index in [-0.39, 0.29) is 42.7 Å². The van der Waals surface area contributed by atoms with Gasteiger partial charge in [0, 0.05) is 67.9 Å². The molecule has 0 aliphatic carbocycles. The van der Waals surface area contributed by atoms with Gasteiger partial charge in [0.15, 0.2) is 17.7 Å². The monoisotopic (exact) mass is 970 g/mol. The molecule has 0 bridgehead atoms. The standard InChI is InChI=1S/C49H73N7O9.CH3FS/c1-11-40-49(7)43(56(47(60)65-49)23-16-15-22-55-29-38(52-53-55)35-20-17-21-36(50)26-35)33(5)51-28-30(2)27-48(6,61-10)44(64-46-42(58)39(54(8)9)24-31(3)62-46)32(4)41(57)37(45(59)63-40)25-34-18-13-12-14-19-34;1-3-2/h12-14,17-21,26,29-33,37,39-40,42-44,46,51,58H,11,15-16,22-25,27-28,50H2,1-10H3;1H3/t30-,31?,32+,33-,37-,39?,40-,42?,43-,44-,46+,48-,49-;/m1./s1. The highest BCUT2D eigenvalue weighted by atomic mass is 32.2. The van der Waals surface area contributed by atoms with E-state index in [4.69, 9.17) is 29.4 Å². The molecule has 3 aromatic rings. The number of fused-ring (bicyclic) bond motifs is 1. The van der Waals surface area contributed by atoms with Crippen LogP contribution in [0.25, 0.3) is 11.3 Å². The van der Waals surface area contributed by atoms with E-state index < -0.39 is 71.5 Å². The van der Waals surface area contributed by atoms with E-state index in [1.165, 1.54) is 6.26 Å². The molecule has 2 aromatic carbocycles. The van der Waals surface area contributed by atoms with Crippen LogP contribution in [0.3, 0.4) is 0 Å². The first kappa shape index (κ1) is 54.8. The Hall–Kier alpha value is -4.17. The van der Waals surface area contributed by atoms with E-state index in [1.807, 2.05) is 114 Å². The molecule has 13 atom stereocenters. The van der Waals surface area contributed by atoms with Crippen molar-refractivity contribution in [2.24, 2.45) is 17.8 Å². The maximum Gasteiger partial charge on any atom is 0.410 e. The second-order valence-corrected chi connectivity index (χ2v) is 19.8. The normalized spacial score (nSPS) is 32.9. The molecule has 0 spiro atoms. The zero-order valence-corrected chi connectivity index (χ0v) is 42.6. The first-order chi connectivity index (χ1) is 32.3. The van der Waals surface area contributed by atoms with Crippen LogP contribution in [-0.4, -0.2) is 148 Å². The van der Waals surface area contributed by atoms with Crippen LogP contribution in [0, 0.1) is 17.8 Å². The third-order valence-corrected chi connectivity index (χ3v) is 13.9. The van der Waals surface area contributed by atoms with Gasteiger partial charge in [0.1, 0.15) is 23.8 Å². The summed E-state index contributed by atoms with van der Waals surface area (Å²) in [7, 11) is 5.42. The molecule has 6 rings (SSSR count). The fourth-order valence-electron chi connectivity index (χ4n) is 10.4. The molecular weight excluding hydrogens is 894 g/mol. The fourth-order valence-corrected chi connectivity index (χ4v) is 10.4. The summed E-state index contributed by atoms with van der Waals surface area (Å²) in [6.45, 7) is 15.0. The molecule has 18 heteroatoms. The average molecular weight is 970 g/mol. The van der Waals surface area contributed by atoms with Crippen molar-refractivity contribution in [1.82, 2.24) is 30.1 Å². The lowest BCUT2D eigenvalue weighted by molar-refractivity contribution is -0.295. The number of ether oxygens (including phenoxy) is 5. The van der Waals surface area contributed by atoms with E-state index in [1.54, 1.807) is 23.6 Å². The third kappa shape index (κ3) is 13.2. The minimum absolute atomic E-state index is 0.0378. The molecule has 1 aromatic heterocycles. The number of methoxy groups -OCH3 is 1. The van der Waals surface area contributed by atoms with Gasteiger partial charge in [0.05, 0.1) is 30.0 Å². The number of carbonyl (C=O) groups is 3. The first-order valence-electron chi connectivity index (χ1n) is 23.9. The Morgan fingerprint density at radius 3 is 2.38 bits per heavy atom. The number of rotatable bonds is 13. The summed E-state index contributed by atoms with van der Waals surface area (Å²) in [5, 5.41) is 24.0. The van der Waals surface area contributed by atoms with E-state index in [0.717, 1.165) is 16.8 Å². The topological polar surface area (TPSA) is 193 Å². The maximum atomic E-state index is 15.2. The summed E-state index contributed by atoms with van der Waals surface area (Å²) in [4.78, 5) is 47.8. The molecule has 1 amide bonds. The molecule has 3 aliphatic heterocycles. The summed E-state index contributed by atoms with van der Waals surface area (Å²) in [5.41, 5.74) is 6.66. The minimum Gasteiger partial charge on any atom is -0.457 e. The molecule has 3 unspecified atom stereocenters. The zero-order valence-electron chi connectivity index (χ0n) is 41.8. The molecule has 0 saturated carbocycles. The number of nitrogens with two attached hydrogens (primary N) is 1. The Balaban J connectivity index is 0.00000280. The number of anilines is 1. The van der Waals surface area contributed by atoms with Gasteiger partial charge >= 0.3 is 12.1 Å². The minimum atomic E-state index is -1.28. The van der Waals surface area contributed by atoms with Crippen molar-refractivity contribution >= 4 is 35.7 Å². The van der Waals surface area contributed by atoms with E-state index in [9.17, 15) is 18.6 Å². The Kier molecular flexibility index (Phi) is 19.8. The van der Waals surface area contributed by atoms with Crippen molar-refractivity contribution in [2.45, 2.75) is 154 Å². The molecular formula is C50H76FN7O9S. The van der Waals surface area contributed by atoms with E-state index >= 15 is 4.79 Å². The lowest BCUT2D eigenvalue weighted by Gasteiger charge is -2.46. The molecule has 3 fully saturated rings. The molecule has 0 radical (unpaired) electrons. The number of Topliss-reactive ketones (excluding diaryl/α,β-unsaturated/α-hetero) is 1. The van der Waals surface area contributed by atoms with E-state index in [0.29, 0.717) is 57.4 Å². The number of hydrogen-bond donors (Lipinski definition) is 3. The molecule has 378 valence electrons. The quantitative estimate of drug-likeness (QED) is 0.0706. The highest BCUT2D eigenvalue weighted by molar-refractivity contribution is 7.93. The van der Waals surface area contributed by atoms with Crippen LogP contribution in [0.1, 0.15) is 86.1 Å². The Bertz CT molecular complexity index is 2090. The van der Waals surface area contributed by atoms with Crippen LogP contribution in [0.5, 0.6) is 0 Å². The van der Waals surface area contributed by atoms with Crippen LogP contribution in [0.15, 0.2) is 60.8 Å². The first-order valence-corrected chi connectivity index (χ1v) is 25.1. The number of unbranched alkanes of at least 4 members (excludes halogenated alkanes) is 1. The van der Waals surface area contributed by atoms with Crippen molar-refractivity contribution in [2.75, 3.05) is 46.3 Å². The summed E-state index contributed by atoms with van der Waals surface area (Å²) >= 11 is 0.250. The summed E-state index contributed by atoms with van der Waals surface area (Å²) in [6.07, 6.45) is 1.40. The van der Waals surface area contributed by atoms with Crippen molar-refractivity contribution < 1.29 is 47.1 Å². The molecule has 68 heavy (non-hydrogen) atoms. The SMILES string of the molecule is CC[C@H]1OC(=O)[C@H](Cc2ccccc2)C(=O)[C@H](C)[C@@H](O[C@@H]2OC(C)CC(N(C)C)C2O)[C@](C)(OC)C[C@@H](C)CN[C@H](C)[C@H]2N(CCCCn3cc(-c4cccc(N)c4)nn3)C(=O)O[C@]12C.CSF. The van der Waals surface area contributed by atoms with Crippen LogP contribution in [-0.2, 0) is 46.2 Å². The number of benzene rings is 2. The predicted octanol–water partition coefficient (Wildman–Crippen LogP) is 6.74. The van der Waals surface area contributed by atoms with Gasteiger partial charge in [-0.25, -0.2) is 4.79 Å². The average Bonchev–Trinajstić information content (AvgIpc) is 3.89. The third-order valence-electron chi connectivity index (χ3n) is 13.9. The van der Waals surface area contributed by atoms with Gasteiger partial charge in [-0.3, -0.25) is 19.2 Å². The molecule has 4 heterocycles. The van der Waals surface area contributed by atoms with Gasteiger partial charge in [-0.05, 0) is 110 Å². The van der Waals surface area contributed by atoms with Crippen molar-refractivity contribution in [3.8, 4) is 11.3 Å². The second-order valence-electron chi connectivity index (χ2n) is 19.5. The number of aliphatic hydroxyl groups is 1. The van der Waals surface area contributed by atoms with Gasteiger partial charge in [0.2, 0.25) is 0 Å². The number of esters is 1. The fraction of sp³-hybridized carbons (Fsp3) is 0.660. The van der Waals surface area contributed by atoms with Gasteiger partial charge in [-0.1, -0.05) is 68.4 Å². The predicted molar refractivity (Wildman–Crippen MR) is 261 cm³/mol. The summed E-state index contributed by atoms with van der Waals surface area (Å²) < 4.78 is 44.3. The number of ketones is 1. The number of likely N-dealkylation sites (N-methyl/N-ethyl adjacent to an activating group) is 1. The second kappa shape index (κ2) is 24.6. The highest BCUT2D eigenvalue weighted by Crippen LogP contribution is 2.40. The van der Waals surface area contributed by atoms with Crippen LogP contribution < -0.4 is 11.1 Å². The highest BCUT2D eigenvalue weighted by Gasteiger charge is 2.59. The summed E-state index contributed by atoms with van der Waals surface area (Å²) in [6, 6.07) is 15.8. The van der Waals surface area contributed by atoms with Gasteiger partial charge in [0.25, 0.3) is 0 Å². The lowest BCUT2D eigenvalue weighted by Crippen LogP contribution is -2.61. The Morgan fingerprint density at radius 1 is 1.04 bits per heavy atom. The van der Waals surface area contributed by atoms with Gasteiger partial charge < -0.3 is 44.7 Å². The molecule has 16 nitrogen and oxygen atoms in total. The number of carbonyl (C=O) groups excluding carboxylic acids is 3.